The van der Waals surface area contributed by atoms with Crippen LogP contribution in [0.2, 0.25) is 5.02 Å². The van der Waals surface area contributed by atoms with Crippen molar-refractivity contribution in [3.05, 3.63) is 95.0 Å². The normalized spacial score (nSPS) is 19.6. The zero-order chi connectivity index (χ0) is 25.4. The van der Waals surface area contributed by atoms with Gasteiger partial charge in [0.15, 0.2) is 6.23 Å². The van der Waals surface area contributed by atoms with Gasteiger partial charge in [-0.2, -0.15) is 0 Å². The topological polar surface area (TPSA) is 85.1 Å². The number of aliphatic hydroxyl groups excluding tert-OH is 1. The molecule has 0 amide bonds. The predicted octanol–water partition coefficient (Wildman–Crippen LogP) is 5.83. The van der Waals surface area contributed by atoms with E-state index in [1.165, 1.54) is 5.56 Å². The van der Waals surface area contributed by atoms with E-state index in [1.54, 1.807) is 6.33 Å². The van der Waals surface area contributed by atoms with Gasteiger partial charge in [-0.3, -0.25) is 0 Å². The number of rotatable bonds is 7. The number of hydrogen-bond donors (Lipinski definition) is 2. The Hall–Kier alpha value is -3.52. The summed E-state index contributed by atoms with van der Waals surface area (Å²) < 4.78 is 8.22. The maximum absolute atomic E-state index is 10.8. The van der Waals surface area contributed by atoms with E-state index in [0.717, 1.165) is 56.9 Å². The minimum atomic E-state index is -0.580. The Balaban J connectivity index is 1.11. The van der Waals surface area contributed by atoms with Crippen molar-refractivity contribution in [1.82, 2.24) is 19.5 Å². The number of aliphatic hydroxyl groups is 1. The van der Waals surface area contributed by atoms with Gasteiger partial charge in [-0.1, -0.05) is 35.9 Å². The number of halogens is 1. The molecular formula is C29H28ClN5O2. The van der Waals surface area contributed by atoms with E-state index in [4.69, 9.17) is 21.3 Å². The van der Waals surface area contributed by atoms with Crippen LogP contribution in [0.4, 0.5) is 5.82 Å². The number of hydrogen-bond acceptors (Lipinski definition) is 6. The largest absolute Gasteiger partial charge is 0.388 e. The molecule has 0 aliphatic carbocycles. The zero-order valence-electron chi connectivity index (χ0n) is 20.5. The summed E-state index contributed by atoms with van der Waals surface area (Å²) in [5, 5.41) is 17.0. The number of nitrogens with zero attached hydrogens (tertiary/aromatic N) is 4. The standard InChI is InChI=1S/C29H28ClN5O2/c1-18-24-12-13-35(28(24)33-17-32-18)29-26(36)15-23(37-29)10-5-19-2-6-21-7-11-27(34-25(21)14-19)31-16-20-3-8-22(30)9-4-20/h2-4,6-9,11-14,17,23,26,29,36H,5,10,15-16H2,1H3,(H,31,34)/t23-,26-,29-/m1/s1. The molecule has 0 bridgehead atoms. The molecule has 1 fully saturated rings. The average Bonchev–Trinajstić information content (AvgIpc) is 3.50. The van der Waals surface area contributed by atoms with Crippen LogP contribution >= 0.6 is 11.6 Å². The molecule has 0 saturated carbocycles. The molecule has 3 atom stereocenters. The molecule has 7 nitrogen and oxygen atoms in total. The minimum Gasteiger partial charge on any atom is -0.388 e. The lowest BCUT2D eigenvalue weighted by molar-refractivity contribution is -0.0363. The second-order valence-electron chi connectivity index (χ2n) is 9.61. The van der Waals surface area contributed by atoms with E-state index in [-0.39, 0.29) is 6.10 Å². The van der Waals surface area contributed by atoms with Gasteiger partial charge in [-0.25, -0.2) is 15.0 Å². The summed E-state index contributed by atoms with van der Waals surface area (Å²) in [4.78, 5) is 13.5. The van der Waals surface area contributed by atoms with Crippen LogP contribution in [-0.2, 0) is 17.7 Å². The summed E-state index contributed by atoms with van der Waals surface area (Å²) in [5.41, 5.74) is 5.01. The first-order chi connectivity index (χ1) is 18.0. The molecule has 4 heterocycles. The summed E-state index contributed by atoms with van der Waals surface area (Å²) in [6.07, 6.45) is 4.69. The number of nitrogens with one attached hydrogen (secondary N) is 1. The van der Waals surface area contributed by atoms with Crippen molar-refractivity contribution >= 4 is 39.4 Å². The molecule has 2 aromatic carbocycles. The van der Waals surface area contributed by atoms with Gasteiger partial charge >= 0.3 is 0 Å². The first kappa shape index (κ1) is 23.9. The molecule has 0 spiro atoms. The van der Waals surface area contributed by atoms with Crippen molar-refractivity contribution in [2.24, 2.45) is 0 Å². The molecule has 0 unspecified atom stereocenters. The average molecular weight is 514 g/mol. The van der Waals surface area contributed by atoms with Crippen LogP contribution in [0, 0.1) is 6.92 Å². The molecule has 8 heteroatoms. The van der Waals surface area contributed by atoms with Gasteiger partial charge < -0.3 is 19.7 Å². The highest BCUT2D eigenvalue weighted by Gasteiger charge is 2.35. The summed E-state index contributed by atoms with van der Waals surface area (Å²) in [5.74, 6) is 0.836. The fourth-order valence-electron chi connectivity index (χ4n) is 5.01. The lowest BCUT2D eigenvalue weighted by Crippen LogP contribution is -2.19. The van der Waals surface area contributed by atoms with Gasteiger partial charge in [-0.05, 0) is 67.3 Å². The Labute approximate surface area is 220 Å². The van der Waals surface area contributed by atoms with E-state index in [0.29, 0.717) is 13.0 Å². The second kappa shape index (κ2) is 10.1. The Bertz CT molecular complexity index is 1550. The van der Waals surface area contributed by atoms with Gasteiger partial charge in [0.05, 0.1) is 17.3 Å². The molecule has 37 heavy (non-hydrogen) atoms. The molecule has 5 aromatic rings. The summed E-state index contributed by atoms with van der Waals surface area (Å²) in [7, 11) is 0. The first-order valence-electron chi connectivity index (χ1n) is 12.5. The predicted molar refractivity (Wildman–Crippen MR) is 146 cm³/mol. The Morgan fingerprint density at radius 2 is 1.86 bits per heavy atom. The van der Waals surface area contributed by atoms with E-state index in [2.05, 4.69) is 39.6 Å². The van der Waals surface area contributed by atoms with Crippen LogP contribution in [-0.4, -0.2) is 36.8 Å². The molecule has 2 N–H and O–H groups in total. The van der Waals surface area contributed by atoms with Crippen LogP contribution in [0.1, 0.15) is 35.9 Å². The molecular weight excluding hydrogens is 486 g/mol. The second-order valence-corrected chi connectivity index (χ2v) is 10.0. The third-order valence-corrected chi connectivity index (χ3v) is 7.30. The molecule has 1 aliphatic heterocycles. The van der Waals surface area contributed by atoms with E-state index in [1.807, 2.05) is 54.1 Å². The van der Waals surface area contributed by atoms with Gasteiger partial charge in [0.25, 0.3) is 0 Å². The van der Waals surface area contributed by atoms with Gasteiger partial charge in [-0.15, -0.1) is 0 Å². The zero-order valence-corrected chi connectivity index (χ0v) is 21.3. The lowest BCUT2D eigenvalue weighted by Gasteiger charge is -2.17. The minimum absolute atomic E-state index is 0.0311. The number of benzene rings is 2. The Morgan fingerprint density at radius 3 is 2.73 bits per heavy atom. The fourth-order valence-corrected chi connectivity index (χ4v) is 5.13. The molecule has 0 radical (unpaired) electrons. The highest BCUT2D eigenvalue weighted by atomic mass is 35.5. The summed E-state index contributed by atoms with van der Waals surface area (Å²) in [6, 6.07) is 20.3. The fraction of sp³-hybridized carbons (Fsp3) is 0.276. The molecule has 1 saturated heterocycles. The van der Waals surface area contributed by atoms with Crippen molar-refractivity contribution in [3.8, 4) is 0 Å². The SMILES string of the molecule is Cc1ncnc2c1ccn2[C@@H]1O[C@H](CCc2ccc3ccc(NCc4ccc(Cl)cc4)nc3c2)C[C@H]1O. The van der Waals surface area contributed by atoms with Crippen molar-refractivity contribution < 1.29 is 9.84 Å². The molecule has 6 rings (SSSR count). The first-order valence-corrected chi connectivity index (χ1v) is 12.9. The van der Waals surface area contributed by atoms with Crippen LogP contribution in [0.5, 0.6) is 0 Å². The molecule has 3 aromatic heterocycles. The van der Waals surface area contributed by atoms with Crippen LogP contribution < -0.4 is 5.32 Å². The Kier molecular flexibility index (Phi) is 6.50. The van der Waals surface area contributed by atoms with Gasteiger partial charge in [0, 0.05) is 35.0 Å². The van der Waals surface area contributed by atoms with Crippen LogP contribution in [0.15, 0.2) is 73.2 Å². The molecule has 188 valence electrons. The van der Waals surface area contributed by atoms with E-state index >= 15 is 0 Å². The van der Waals surface area contributed by atoms with Crippen molar-refractivity contribution in [2.75, 3.05) is 5.32 Å². The van der Waals surface area contributed by atoms with Gasteiger partial charge in [0.2, 0.25) is 0 Å². The third-order valence-electron chi connectivity index (χ3n) is 7.05. The number of pyridine rings is 1. The number of aromatic nitrogens is 4. The van der Waals surface area contributed by atoms with E-state index < -0.39 is 12.3 Å². The number of fused-ring (bicyclic) bond motifs is 2. The monoisotopic (exact) mass is 513 g/mol. The number of ether oxygens (including phenoxy) is 1. The smallest absolute Gasteiger partial charge is 0.161 e. The highest BCUT2D eigenvalue weighted by molar-refractivity contribution is 6.30. The maximum atomic E-state index is 10.8. The third kappa shape index (κ3) is 5.03. The number of anilines is 1. The van der Waals surface area contributed by atoms with Crippen LogP contribution in [0.3, 0.4) is 0 Å². The van der Waals surface area contributed by atoms with Gasteiger partial charge in [0.1, 0.15) is 23.9 Å². The quantitative estimate of drug-likeness (QED) is 0.284. The summed E-state index contributed by atoms with van der Waals surface area (Å²) in [6.45, 7) is 2.64. The van der Waals surface area contributed by atoms with Crippen molar-refractivity contribution in [3.63, 3.8) is 0 Å². The lowest BCUT2D eigenvalue weighted by atomic mass is 10.0. The maximum Gasteiger partial charge on any atom is 0.161 e. The van der Waals surface area contributed by atoms with Crippen molar-refractivity contribution in [2.45, 2.75) is 51.2 Å². The summed E-state index contributed by atoms with van der Waals surface area (Å²) >= 11 is 5.98. The highest BCUT2D eigenvalue weighted by Crippen LogP contribution is 2.34. The Morgan fingerprint density at radius 1 is 1.05 bits per heavy atom. The molecule has 1 aliphatic rings. The van der Waals surface area contributed by atoms with E-state index in [9.17, 15) is 5.11 Å². The van der Waals surface area contributed by atoms with Crippen LogP contribution in [0.25, 0.3) is 21.9 Å². The van der Waals surface area contributed by atoms with Crippen molar-refractivity contribution in [1.29, 1.82) is 0 Å². The number of aryl methyl sites for hydroxylation is 2.